The Labute approximate surface area is 130 Å². The van der Waals surface area contributed by atoms with Crippen molar-refractivity contribution >= 4 is 0 Å². The van der Waals surface area contributed by atoms with Crippen LogP contribution in [0.2, 0.25) is 0 Å². The fourth-order valence-electron chi connectivity index (χ4n) is 2.87. The molecule has 21 heavy (non-hydrogen) atoms. The summed E-state index contributed by atoms with van der Waals surface area (Å²) in [4.78, 5) is 4.90. The number of benzene rings is 1. The van der Waals surface area contributed by atoms with Gasteiger partial charge < -0.3 is 10.0 Å². The predicted molar refractivity (Wildman–Crippen MR) is 90.9 cm³/mol. The van der Waals surface area contributed by atoms with Gasteiger partial charge in [0.25, 0.3) is 0 Å². The number of phenolic OH excluding ortho intramolecular Hbond substituents is 1. The molecule has 0 aliphatic heterocycles. The van der Waals surface area contributed by atoms with Crippen molar-refractivity contribution in [3.05, 3.63) is 29.3 Å². The number of aryl methyl sites for hydroxylation is 1. The van der Waals surface area contributed by atoms with Gasteiger partial charge in [0, 0.05) is 11.6 Å². The number of hydrogen-bond acceptors (Lipinski definition) is 3. The van der Waals surface area contributed by atoms with Gasteiger partial charge in [-0.25, -0.2) is 0 Å². The molecule has 0 saturated carbocycles. The van der Waals surface area contributed by atoms with Crippen molar-refractivity contribution < 1.29 is 5.11 Å². The maximum Gasteiger partial charge on any atom is 0.120 e. The first-order chi connectivity index (χ1) is 10.0. The van der Waals surface area contributed by atoms with Crippen molar-refractivity contribution in [2.24, 2.45) is 0 Å². The van der Waals surface area contributed by atoms with Crippen LogP contribution in [0.15, 0.2) is 18.2 Å². The van der Waals surface area contributed by atoms with Crippen molar-refractivity contribution in [3.8, 4) is 5.75 Å². The van der Waals surface area contributed by atoms with Gasteiger partial charge in [0.15, 0.2) is 0 Å². The topological polar surface area (TPSA) is 26.7 Å². The molecule has 1 N–H and O–H groups in total. The Hall–Kier alpha value is -1.06. The van der Waals surface area contributed by atoms with E-state index in [0.29, 0.717) is 5.75 Å². The fraction of sp³-hybridized carbons (Fsp3) is 0.667. The summed E-state index contributed by atoms with van der Waals surface area (Å²) in [6, 6.07) is 6.13. The average molecular weight is 292 g/mol. The number of rotatable bonds is 9. The summed E-state index contributed by atoms with van der Waals surface area (Å²) < 4.78 is 0. The summed E-state index contributed by atoms with van der Waals surface area (Å²) in [7, 11) is 0. The zero-order valence-corrected chi connectivity index (χ0v) is 14.4. The van der Waals surface area contributed by atoms with Crippen LogP contribution in [0.25, 0.3) is 0 Å². The minimum atomic E-state index is 0.256. The molecule has 0 aromatic heterocycles. The molecular formula is C18H32N2O. The van der Waals surface area contributed by atoms with Crippen LogP contribution in [0.4, 0.5) is 0 Å². The summed E-state index contributed by atoms with van der Waals surface area (Å²) in [5.41, 5.74) is 2.24. The van der Waals surface area contributed by atoms with E-state index in [0.717, 1.165) is 38.3 Å². The third-order valence-electron chi connectivity index (χ3n) is 4.40. The number of phenols is 1. The van der Waals surface area contributed by atoms with E-state index >= 15 is 0 Å². The van der Waals surface area contributed by atoms with E-state index in [1.807, 2.05) is 12.1 Å². The van der Waals surface area contributed by atoms with Crippen molar-refractivity contribution in [3.63, 3.8) is 0 Å². The first-order valence-electron chi connectivity index (χ1n) is 8.29. The molecule has 0 saturated heterocycles. The molecule has 1 atom stereocenters. The molecule has 120 valence electrons. The molecular weight excluding hydrogens is 260 g/mol. The lowest BCUT2D eigenvalue weighted by Crippen LogP contribution is -2.31. The summed E-state index contributed by atoms with van der Waals surface area (Å²) in [5.74, 6) is 0.412. The molecule has 0 spiro atoms. The lowest BCUT2D eigenvalue weighted by Gasteiger charge is -2.30. The molecule has 0 amide bonds. The second kappa shape index (κ2) is 9.06. The van der Waals surface area contributed by atoms with Gasteiger partial charge in [-0.3, -0.25) is 4.90 Å². The van der Waals surface area contributed by atoms with Gasteiger partial charge in [-0.2, -0.15) is 0 Å². The van der Waals surface area contributed by atoms with Crippen molar-refractivity contribution in [2.75, 3.05) is 32.7 Å². The van der Waals surface area contributed by atoms with Crippen LogP contribution in [-0.4, -0.2) is 47.6 Å². The van der Waals surface area contributed by atoms with Crippen LogP contribution in [0.1, 0.15) is 51.3 Å². The molecule has 0 heterocycles. The highest BCUT2D eigenvalue weighted by Gasteiger charge is 2.17. The van der Waals surface area contributed by atoms with E-state index in [9.17, 15) is 5.11 Å². The van der Waals surface area contributed by atoms with Gasteiger partial charge in [0.1, 0.15) is 5.75 Å². The highest BCUT2D eigenvalue weighted by atomic mass is 16.3. The lowest BCUT2D eigenvalue weighted by atomic mass is 10.0. The molecule has 0 aliphatic rings. The highest BCUT2D eigenvalue weighted by Crippen LogP contribution is 2.29. The summed E-state index contributed by atoms with van der Waals surface area (Å²) in [6.07, 6.45) is 1.17. The SMILES string of the molecule is CCN(CC)CCCN(CC)C(C)c1cc(C)ccc1O. The minimum absolute atomic E-state index is 0.256. The highest BCUT2D eigenvalue weighted by molar-refractivity contribution is 5.37. The summed E-state index contributed by atoms with van der Waals surface area (Å²) in [6.45, 7) is 16.4. The largest absolute Gasteiger partial charge is 0.508 e. The first-order valence-corrected chi connectivity index (χ1v) is 8.29. The number of hydrogen-bond donors (Lipinski definition) is 1. The van der Waals surface area contributed by atoms with Gasteiger partial charge in [0.05, 0.1) is 0 Å². The molecule has 1 rings (SSSR count). The number of nitrogens with zero attached hydrogens (tertiary/aromatic N) is 2. The second-order valence-electron chi connectivity index (χ2n) is 5.75. The van der Waals surface area contributed by atoms with Crippen LogP contribution < -0.4 is 0 Å². The van der Waals surface area contributed by atoms with E-state index in [4.69, 9.17) is 0 Å². The molecule has 1 aromatic carbocycles. The average Bonchev–Trinajstić information content (AvgIpc) is 2.49. The van der Waals surface area contributed by atoms with Crippen LogP contribution in [0, 0.1) is 6.92 Å². The molecule has 0 aliphatic carbocycles. The first kappa shape index (κ1) is 18.0. The van der Waals surface area contributed by atoms with E-state index in [-0.39, 0.29) is 6.04 Å². The molecule has 0 fully saturated rings. The normalized spacial score (nSPS) is 13.1. The predicted octanol–water partition coefficient (Wildman–Crippen LogP) is 3.82. The van der Waals surface area contributed by atoms with Gasteiger partial charge in [-0.15, -0.1) is 0 Å². The van der Waals surface area contributed by atoms with Gasteiger partial charge in [0.2, 0.25) is 0 Å². The standard InChI is InChI=1S/C18H32N2O/c1-6-19(7-2)12-9-13-20(8-3)16(5)17-14-15(4)10-11-18(17)21/h10-11,14,16,21H,6-9,12-13H2,1-5H3. The Morgan fingerprint density at radius 2 is 1.71 bits per heavy atom. The Kier molecular flexibility index (Phi) is 7.76. The molecule has 1 aromatic rings. The van der Waals surface area contributed by atoms with E-state index in [1.165, 1.54) is 12.0 Å². The van der Waals surface area contributed by atoms with Crippen LogP contribution in [-0.2, 0) is 0 Å². The maximum absolute atomic E-state index is 10.1. The summed E-state index contributed by atoms with van der Waals surface area (Å²) >= 11 is 0. The zero-order valence-electron chi connectivity index (χ0n) is 14.4. The van der Waals surface area contributed by atoms with Gasteiger partial charge in [-0.05, 0) is 59.1 Å². The van der Waals surface area contributed by atoms with Crippen molar-refractivity contribution in [1.29, 1.82) is 0 Å². The minimum Gasteiger partial charge on any atom is -0.508 e. The quantitative estimate of drug-likeness (QED) is 0.749. The molecule has 3 heteroatoms. The van der Waals surface area contributed by atoms with Crippen molar-refractivity contribution in [1.82, 2.24) is 9.80 Å². The Balaban J connectivity index is 2.64. The van der Waals surface area contributed by atoms with Crippen LogP contribution >= 0.6 is 0 Å². The maximum atomic E-state index is 10.1. The molecule has 0 bridgehead atoms. The Morgan fingerprint density at radius 3 is 2.29 bits per heavy atom. The monoisotopic (exact) mass is 292 g/mol. The number of aromatic hydroxyl groups is 1. The smallest absolute Gasteiger partial charge is 0.120 e. The third-order valence-corrected chi connectivity index (χ3v) is 4.40. The van der Waals surface area contributed by atoms with E-state index in [2.05, 4.69) is 50.5 Å². The van der Waals surface area contributed by atoms with E-state index in [1.54, 1.807) is 0 Å². The van der Waals surface area contributed by atoms with Crippen LogP contribution in [0.5, 0.6) is 5.75 Å². The Morgan fingerprint density at radius 1 is 1.05 bits per heavy atom. The third kappa shape index (κ3) is 5.33. The van der Waals surface area contributed by atoms with E-state index < -0.39 is 0 Å². The molecule has 0 radical (unpaired) electrons. The Bertz CT molecular complexity index is 416. The van der Waals surface area contributed by atoms with Crippen LogP contribution in [0.3, 0.4) is 0 Å². The molecule has 3 nitrogen and oxygen atoms in total. The van der Waals surface area contributed by atoms with Gasteiger partial charge >= 0.3 is 0 Å². The van der Waals surface area contributed by atoms with Crippen molar-refractivity contribution in [2.45, 2.75) is 47.1 Å². The summed E-state index contributed by atoms with van der Waals surface area (Å²) in [5, 5.41) is 10.1. The zero-order chi connectivity index (χ0) is 15.8. The molecule has 1 unspecified atom stereocenters. The fourth-order valence-corrected chi connectivity index (χ4v) is 2.87. The second-order valence-corrected chi connectivity index (χ2v) is 5.75. The lowest BCUT2D eigenvalue weighted by molar-refractivity contribution is 0.198. The van der Waals surface area contributed by atoms with Gasteiger partial charge in [-0.1, -0.05) is 38.5 Å².